The van der Waals surface area contributed by atoms with Gasteiger partial charge in [-0.15, -0.1) is 0 Å². The summed E-state index contributed by atoms with van der Waals surface area (Å²) in [6.45, 7) is -0.406. The number of hydrogen-bond acceptors (Lipinski definition) is 12. The number of methoxy groups -OCH3 is 1. The van der Waals surface area contributed by atoms with Crippen molar-refractivity contribution < 1.29 is 42.9 Å². The third-order valence-electron chi connectivity index (χ3n) is 7.22. The summed E-state index contributed by atoms with van der Waals surface area (Å²) < 4.78 is 30.4. The first-order valence-corrected chi connectivity index (χ1v) is 15.6. The molecule has 0 amide bonds. The number of aromatic nitrogens is 2. The zero-order valence-electron chi connectivity index (χ0n) is 25.3. The summed E-state index contributed by atoms with van der Waals surface area (Å²) in [5, 5.41) is 9.94. The van der Waals surface area contributed by atoms with E-state index in [-0.39, 0.29) is 39.7 Å². The van der Waals surface area contributed by atoms with Crippen molar-refractivity contribution >= 4 is 35.6 Å². The number of hydrogen-bond donors (Lipinski definition) is 0. The van der Waals surface area contributed by atoms with Crippen molar-refractivity contribution in [3.63, 3.8) is 0 Å². The van der Waals surface area contributed by atoms with Crippen molar-refractivity contribution in [3.05, 3.63) is 119 Å². The van der Waals surface area contributed by atoms with E-state index in [9.17, 15) is 24.4 Å². The lowest BCUT2D eigenvalue weighted by atomic mass is 10.1. The molecular formula is C34H29N3O9S. The Morgan fingerprint density at radius 2 is 1.32 bits per heavy atom. The fourth-order valence-electron chi connectivity index (χ4n) is 5.02. The average molecular weight is 656 g/mol. The largest absolute Gasteiger partial charge is 0.464 e. The summed E-state index contributed by atoms with van der Waals surface area (Å²) in [6.07, 6.45) is -3.73. The molecule has 4 unspecified atom stereocenters. The van der Waals surface area contributed by atoms with Gasteiger partial charge in [0, 0.05) is 0 Å². The van der Waals surface area contributed by atoms with E-state index in [1.165, 1.54) is 11.7 Å². The SMILES string of the molecule is COC(=O)c1nc(SC)n(C2OC(COC(=O)c3ccccc3)C(OC(=O)c3ccccc3)C2OC(=O)c2ccccc2)c1CC#N. The van der Waals surface area contributed by atoms with Crippen molar-refractivity contribution in [1.29, 1.82) is 5.26 Å². The van der Waals surface area contributed by atoms with Crippen LogP contribution < -0.4 is 0 Å². The van der Waals surface area contributed by atoms with E-state index in [1.54, 1.807) is 97.3 Å². The van der Waals surface area contributed by atoms with Crippen LogP contribution in [0, 0.1) is 11.3 Å². The van der Waals surface area contributed by atoms with E-state index in [0.29, 0.717) is 0 Å². The zero-order chi connectivity index (χ0) is 33.3. The molecule has 12 nitrogen and oxygen atoms in total. The normalized spacial score (nSPS) is 18.5. The minimum atomic E-state index is -1.36. The van der Waals surface area contributed by atoms with E-state index in [2.05, 4.69) is 4.98 Å². The van der Waals surface area contributed by atoms with Crippen LogP contribution >= 0.6 is 11.8 Å². The molecular weight excluding hydrogens is 626 g/mol. The van der Waals surface area contributed by atoms with Crippen molar-refractivity contribution in [1.82, 2.24) is 9.55 Å². The van der Waals surface area contributed by atoms with Gasteiger partial charge in [-0.3, -0.25) is 4.57 Å². The summed E-state index contributed by atoms with van der Waals surface area (Å²) in [7, 11) is 1.18. The Labute approximate surface area is 274 Å². The molecule has 4 atom stereocenters. The number of thioether (sulfide) groups is 1. The molecule has 3 aromatic carbocycles. The lowest BCUT2D eigenvalue weighted by Crippen LogP contribution is -2.41. The second kappa shape index (κ2) is 15.2. The molecule has 240 valence electrons. The fraction of sp³-hybridized carbons (Fsp3) is 0.235. The molecule has 0 bridgehead atoms. The number of nitrogens with zero attached hydrogens (tertiary/aromatic N) is 3. The lowest BCUT2D eigenvalue weighted by Gasteiger charge is -2.26. The molecule has 0 spiro atoms. The van der Waals surface area contributed by atoms with E-state index >= 15 is 0 Å². The molecule has 0 saturated carbocycles. The predicted octanol–water partition coefficient (Wildman–Crippen LogP) is 4.66. The monoisotopic (exact) mass is 655 g/mol. The highest BCUT2D eigenvalue weighted by Crippen LogP contribution is 2.39. The topological polar surface area (TPSA) is 156 Å². The van der Waals surface area contributed by atoms with Gasteiger partial charge in [0.1, 0.15) is 12.7 Å². The number of nitriles is 1. The van der Waals surface area contributed by atoms with Gasteiger partial charge in [0.2, 0.25) is 0 Å². The Bertz CT molecular complexity index is 1780. The second-order valence-electron chi connectivity index (χ2n) is 10.1. The van der Waals surface area contributed by atoms with Crippen LogP contribution in [0.3, 0.4) is 0 Å². The Morgan fingerprint density at radius 3 is 1.81 bits per heavy atom. The standard InChI is InChI=1S/C34H29N3O9S/c1-42-33(41)26-24(18-19-35)37(34(36-26)47-2)29-28(46-32(40)23-16-10-5-11-17-23)27(45-31(39)22-14-8-4-9-15-22)25(44-29)20-43-30(38)21-12-6-3-7-13-21/h3-17,25,27-29H,18,20H2,1-2H3. The predicted molar refractivity (Wildman–Crippen MR) is 167 cm³/mol. The van der Waals surface area contributed by atoms with Crippen LogP contribution in [0.2, 0.25) is 0 Å². The van der Waals surface area contributed by atoms with E-state index < -0.39 is 55.0 Å². The fourth-order valence-corrected chi connectivity index (χ4v) is 5.61. The van der Waals surface area contributed by atoms with Gasteiger partial charge in [-0.25, -0.2) is 24.2 Å². The van der Waals surface area contributed by atoms with Gasteiger partial charge >= 0.3 is 23.9 Å². The van der Waals surface area contributed by atoms with Gasteiger partial charge in [-0.05, 0) is 42.7 Å². The Morgan fingerprint density at radius 1 is 0.809 bits per heavy atom. The summed E-state index contributed by atoms with van der Waals surface area (Å²) in [4.78, 5) is 57.0. The van der Waals surface area contributed by atoms with Gasteiger partial charge in [-0.2, -0.15) is 5.26 Å². The zero-order valence-corrected chi connectivity index (χ0v) is 26.1. The molecule has 2 heterocycles. The number of benzene rings is 3. The molecule has 1 fully saturated rings. The van der Waals surface area contributed by atoms with E-state index in [0.717, 1.165) is 11.8 Å². The summed E-state index contributed by atoms with van der Waals surface area (Å²) in [6, 6.07) is 26.6. The first-order valence-electron chi connectivity index (χ1n) is 14.4. The molecule has 0 N–H and O–H groups in total. The maximum absolute atomic E-state index is 13.5. The van der Waals surface area contributed by atoms with Gasteiger partial charge in [0.15, 0.2) is 29.3 Å². The van der Waals surface area contributed by atoms with Crippen molar-refractivity contribution in [2.75, 3.05) is 20.0 Å². The first kappa shape index (κ1) is 32.9. The number of rotatable bonds is 11. The maximum atomic E-state index is 13.5. The smallest absolute Gasteiger partial charge is 0.358 e. The molecule has 47 heavy (non-hydrogen) atoms. The number of carbonyl (C=O) groups is 4. The summed E-state index contributed by atoms with van der Waals surface area (Å²) in [5.74, 6) is -2.95. The summed E-state index contributed by atoms with van der Waals surface area (Å²) >= 11 is 1.14. The Hall–Kier alpha value is -5.45. The molecule has 5 rings (SSSR count). The van der Waals surface area contributed by atoms with Crippen LogP contribution in [0.5, 0.6) is 0 Å². The van der Waals surface area contributed by atoms with Crippen molar-refractivity contribution in [3.8, 4) is 6.07 Å². The van der Waals surface area contributed by atoms with Crippen LogP contribution in [0.4, 0.5) is 0 Å². The van der Waals surface area contributed by atoms with E-state index in [1.807, 2.05) is 6.07 Å². The highest BCUT2D eigenvalue weighted by molar-refractivity contribution is 7.98. The molecule has 1 aromatic heterocycles. The average Bonchev–Trinajstić information content (AvgIpc) is 3.64. The molecule has 1 saturated heterocycles. The molecule has 13 heteroatoms. The quantitative estimate of drug-likeness (QED) is 0.125. The van der Waals surface area contributed by atoms with Crippen LogP contribution in [-0.4, -0.2) is 71.7 Å². The van der Waals surface area contributed by atoms with Crippen molar-refractivity contribution in [2.24, 2.45) is 0 Å². The number of esters is 4. The highest BCUT2D eigenvalue weighted by Gasteiger charge is 2.52. The Kier molecular flexibility index (Phi) is 10.7. The number of imidazole rings is 1. The van der Waals surface area contributed by atoms with Gasteiger partial charge in [0.05, 0.1) is 42.0 Å². The maximum Gasteiger partial charge on any atom is 0.358 e. The van der Waals surface area contributed by atoms with Crippen molar-refractivity contribution in [2.45, 2.75) is 36.1 Å². The van der Waals surface area contributed by atoms with Gasteiger partial charge < -0.3 is 23.7 Å². The Balaban J connectivity index is 1.59. The van der Waals surface area contributed by atoms with Crippen LogP contribution in [0.25, 0.3) is 0 Å². The minimum Gasteiger partial charge on any atom is -0.464 e. The highest BCUT2D eigenvalue weighted by atomic mass is 32.2. The number of ether oxygens (including phenoxy) is 5. The third kappa shape index (κ3) is 7.35. The lowest BCUT2D eigenvalue weighted by molar-refractivity contribution is -0.0663. The molecule has 1 aliphatic rings. The van der Waals surface area contributed by atoms with Crippen LogP contribution in [-0.2, 0) is 30.1 Å². The number of carbonyl (C=O) groups excluding carboxylic acids is 4. The molecule has 0 aliphatic carbocycles. The molecule has 4 aromatic rings. The summed E-state index contributed by atoms with van der Waals surface area (Å²) in [5.41, 5.74) is 0.706. The third-order valence-corrected chi connectivity index (χ3v) is 7.87. The second-order valence-corrected chi connectivity index (χ2v) is 10.9. The molecule has 1 aliphatic heterocycles. The van der Waals surface area contributed by atoms with Crippen LogP contribution in [0.15, 0.2) is 96.2 Å². The van der Waals surface area contributed by atoms with Gasteiger partial charge in [0.25, 0.3) is 0 Å². The van der Waals surface area contributed by atoms with Gasteiger partial charge in [-0.1, -0.05) is 66.4 Å². The minimum absolute atomic E-state index is 0.129. The first-order chi connectivity index (χ1) is 22.9. The van der Waals surface area contributed by atoms with Crippen LogP contribution in [0.1, 0.15) is 53.5 Å². The molecule has 0 radical (unpaired) electrons. The van der Waals surface area contributed by atoms with E-state index in [4.69, 9.17) is 23.7 Å².